The maximum atomic E-state index is 13.3. The molecule has 2 aromatic carbocycles. The minimum absolute atomic E-state index is 0.0271. The second kappa shape index (κ2) is 6.84. The molecule has 0 amide bonds. The lowest BCUT2D eigenvalue weighted by Crippen LogP contribution is -2.29. The van der Waals surface area contributed by atoms with E-state index in [0.29, 0.717) is 33.7 Å². The van der Waals surface area contributed by atoms with Crippen molar-refractivity contribution in [1.82, 2.24) is 4.57 Å². The molecule has 0 bridgehead atoms. The molecule has 5 rings (SSSR count). The first-order valence-corrected chi connectivity index (χ1v) is 9.83. The first kappa shape index (κ1) is 19.1. The van der Waals surface area contributed by atoms with Crippen molar-refractivity contribution in [3.8, 4) is 11.5 Å². The highest BCUT2D eigenvalue weighted by Crippen LogP contribution is 2.42. The maximum absolute atomic E-state index is 13.3. The van der Waals surface area contributed by atoms with Gasteiger partial charge in [-0.15, -0.1) is 0 Å². The van der Waals surface area contributed by atoms with Gasteiger partial charge in [-0.3, -0.25) is 9.59 Å². The number of carbonyl (C=O) groups is 1. The Kier molecular flexibility index (Phi) is 4.22. The van der Waals surface area contributed by atoms with Crippen LogP contribution >= 0.6 is 0 Å². The first-order chi connectivity index (χ1) is 14.9. The summed E-state index contributed by atoms with van der Waals surface area (Å²) in [4.78, 5) is 37.8. The van der Waals surface area contributed by atoms with Gasteiger partial charge in [0.1, 0.15) is 17.1 Å². The Bertz CT molecular complexity index is 1510. The van der Waals surface area contributed by atoms with Crippen molar-refractivity contribution in [2.24, 2.45) is 7.05 Å². The minimum atomic E-state index is -0.602. The fourth-order valence-corrected chi connectivity index (χ4v) is 4.35. The highest BCUT2D eigenvalue weighted by atomic mass is 16.5. The lowest BCUT2D eigenvalue weighted by molar-refractivity contribution is -0.135. The van der Waals surface area contributed by atoms with Crippen LogP contribution in [0.15, 0.2) is 56.5 Å². The predicted octanol–water partition coefficient (Wildman–Crippen LogP) is 3.40. The van der Waals surface area contributed by atoms with Crippen molar-refractivity contribution >= 4 is 27.8 Å². The molecule has 2 aromatic heterocycles. The van der Waals surface area contributed by atoms with E-state index in [1.165, 1.54) is 6.07 Å². The van der Waals surface area contributed by atoms with Gasteiger partial charge in [0.25, 0.3) is 5.56 Å². The van der Waals surface area contributed by atoms with Crippen LogP contribution in [-0.2, 0) is 11.8 Å². The molecular formula is C24H19NO6. The van der Waals surface area contributed by atoms with Crippen molar-refractivity contribution in [3.05, 3.63) is 79.9 Å². The third-order valence-corrected chi connectivity index (χ3v) is 5.90. The van der Waals surface area contributed by atoms with Gasteiger partial charge in [0.15, 0.2) is 0 Å². The van der Waals surface area contributed by atoms with E-state index < -0.39 is 17.5 Å². The van der Waals surface area contributed by atoms with Gasteiger partial charge in [-0.2, -0.15) is 0 Å². The molecule has 0 spiro atoms. The number of aromatic nitrogens is 1. The number of rotatable bonds is 2. The molecule has 0 aliphatic carbocycles. The van der Waals surface area contributed by atoms with Crippen LogP contribution in [0.2, 0.25) is 0 Å². The van der Waals surface area contributed by atoms with E-state index in [2.05, 4.69) is 0 Å². The van der Waals surface area contributed by atoms with E-state index in [4.69, 9.17) is 13.9 Å². The molecule has 3 heterocycles. The summed E-state index contributed by atoms with van der Waals surface area (Å²) in [7, 11) is 3.25. The molecule has 1 aliphatic heterocycles. The molecule has 0 fully saturated rings. The van der Waals surface area contributed by atoms with E-state index in [0.717, 1.165) is 16.3 Å². The number of carbonyl (C=O) groups excluding carboxylic acids is 1. The highest BCUT2D eigenvalue weighted by molar-refractivity contribution is 5.90. The summed E-state index contributed by atoms with van der Waals surface area (Å²) in [5.74, 6) is -0.0942. The van der Waals surface area contributed by atoms with Crippen molar-refractivity contribution in [1.29, 1.82) is 0 Å². The van der Waals surface area contributed by atoms with Crippen LogP contribution in [0.3, 0.4) is 0 Å². The molecule has 7 nitrogen and oxygen atoms in total. The molecule has 7 heteroatoms. The zero-order valence-corrected chi connectivity index (χ0v) is 17.2. The van der Waals surface area contributed by atoms with E-state index in [1.807, 2.05) is 19.1 Å². The zero-order valence-electron chi connectivity index (χ0n) is 17.2. The second-order valence-electron chi connectivity index (χ2n) is 7.72. The topological polar surface area (TPSA) is 87.7 Å². The van der Waals surface area contributed by atoms with Gasteiger partial charge in [0.2, 0.25) is 0 Å². The van der Waals surface area contributed by atoms with Crippen LogP contribution < -0.4 is 20.7 Å². The lowest BCUT2D eigenvalue weighted by Gasteiger charge is -2.26. The molecule has 0 radical (unpaired) electrons. The smallest absolute Gasteiger partial charge is 0.336 e. The highest BCUT2D eigenvalue weighted by Gasteiger charge is 2.34. The number of esters is 1. The van der Waals surface area contributed by atoms with Gasteiger partial charge >= 0.3 is 11.6 Å². The summed E-state index contributed by atoms with van der Waals surface area (Å²) in [6.07, 6.45) is -0.0271. The number of hydrogen-bond acceptors (Lipinski definition) is 6. The largest absolute Gasteiger partial charge is 0.497 e. The Morgan fingerprint density at radius 2 is 1.87 bits per heavy atom. The Morgan fingerprint density at radius 1 is 1.06 bits per heavy atom. The van der Waals surface area contributed by atoms with Crippen molar-refractivity contribution in [3.63, 3.8) is 0 Å². The Hall–Kier alpha value is -3.87. The average Bonchev–Trinajstić information content (AvgIpc) is 2.74. The molecule has 156 valence electrons. The molecule has 0 saturated heterocycles. The van der Waals surface area contributed by atoms with Crippen molar-refractivity contribution in [2.75, 3.05) is 7.11 Å². The molecule has 4 aromatic rings. The molecule has 0 N–H and O–H groups in total. The SMILES string of the molecule is COc1ccc2cc([C@H]3CC(=O)Oc4ccc5c(C)cc(=O)oc5c43)c(=O)n(C)c2c1. The van der Waals surface area contributed by atoms with Crippen molar-refractivity contribution < 1.29 is 18.7 Å². The third kappa shape index (κ3) is 2.92. The van der Waals surface area contributed by atoms with E-state index in [-0.39, 0.29) is 12.0 Å². The fraction of sp³-hybridized carbons (Fsp3) is 0.208. The summed E-state index contributed by atoms with van der Waals surface area (Å²) in [6.45, 7) is 1.82. The molecule has 1 atom stereocenters. The number of fused-ring (bicyclic) bond motifs is 4. The summed E-state index contributed by atoms with van der Waals surface area (Å²) >= 11 is 0. The quantitative estimate of drug-likeness (QED) is 0.282. The number of aryl methyl sites for hydroxylation is 2. The van der Waals surface area contributed by atoms with E-state index >= 15 is 0 Å². The predicted molar refractivity (Wildman–Crippen MR) is 115 cm³/mol. The van der Waals surface area contributed by atoms with Crippen LogP contribution in [0.5, 0.6) is 11.5 Å². The normalized spacial score (nSPS) is 15.7. The zero-order chi connectivity index (χ0) is 21.9. The first-order valence-electron chi connectivity index (χ1n) is 9.83. The van der Waals surface area contributed by atoms with Gasteiger partial charge in [-0.05, 0) is 48.2 Å². The average molecular weight is 417 g/mol. The summed E-state index contributed by atoms with van der Waals surface area (Å²) in [6, 6.07) is 12.1. The third-order valence-electron chi connectivity index (χ3n) is 5.90. The molecule has 0 saturated carbocycles. The molecule has 0 unspecified atom stereocenters. The van der Waals surface area contributed by atoms with E-state index in [1.54, 1.807) is 43.0 Å². The number of methoxy groups -OCH3 is 1. The number of benzene rings is 2. The number of ether oxygens (including phenoxy) is 2. The van der Waals surface area contributed by atoms with Crippen LogP contribution in [0.25, 0.3) is 21.9 Å². The fourth-order valence-electron chi connectivity index (χ4n) is 4.35. The van der Waals surface area contributed by atoms with Crippen LogP contribution in [0.4, 0.5) is 0 Å². The van der Waals surface area contributed by atoms with Crippen LogP contribution in [0, 0.1) is 6.92 Å². The number of hydrogen-bond donors (Lipinski definition) is 0. The summed E-state index contributed by atoms with van der Waals surface area (Å²) < 4.78 is 17.8. The Labute approximate surface area is 176 Å². The van der Waals surface area contributed by atoms with Gasteiger partial charge in [0.05, 0.1) is 19.0 Å². The standard InChI is InChI=1S/C24H19NO6/c1-12-8-20(26)31-23-15(12)6-7-19-22(23)16(11-21(27)30-19)17-9-13-4-5-14(29-3)10-18(13)25(2)24(17)28/h4-10,16H,11H2,1-3H3/t16-/m1/s1. The van der Waals surface area contributed by atoms with E-state index in [9.17, 15) is 14.4 Å². The van der Waals surface area contributed by atoms with Crippen LogP contribution in [-0.4, -0.2) is 17.6 Å². The Morgan fingerprint density at radius 3 is 2.65 bits per heavy atom. The summed E-state index contributed by atoms with van der Waals surface area (Å²) in [5, 5.41) is 1.57. The lowest BCUT2D eigenvalue weighted by atomic mass is 9.85. The monoisotopic (exact) mass is 417 g/mol. The number of nitrogens with zero attached hydrogens (tertiary/aromatic N) is 1. The second-order valence-corrected chi connectivity index (χ2v) is 7.72. The molecule has 1 aliphatic rings. The van der Waals surface area contributed by atoms with Gasteiger partial charge in [-0.1, -0.05) is 0 Å². The number of pyridine rings is 1. The van der Waals surface area contributed by atoms with Gasteiger partial charge in [-0.25, -0.2) is 4.79 Å². The van der Waals surface area contributed by atoms with Gasteiger partial charge < -0.3 is 18.5 Å². The molecule has 31 heavy (non-hydrogen) atoms. The van der Waals surface area contributed by atoms with Crippen molar-refractivity contribution in [2.45, 2.75) is 19.3 Å². The Balaban J connectivity index is 1.83. The van der Waals surface area contributed by atoms with Gasteiger partial charge in [0, 0.05) is 41.6 Å². The summed E-state index contributed by atoms with van der Waals surface area (Å²) in [5.41, 5.74) is 2.07. The minimum Gasteiger partial charge on any atom is -0.497 e. The van der Waals surface area contributed by atoms with Crippen LogP contribution in [0.1, 0.15) is 29.0 Å². The maximum Gasteiger partial charge on any atom is 0.336 e. The molecular weight excluding hydrogens is 398 g/mol.